The van der Waals surface area contributed by atoms with E-state index in [1.807, 2.05) is 62.5 Å². The third kappa shape index (κ3) is 10.0. The van der Waals surface area contributed by atoms with Gasteiger partial charge in [-0.05, 0) is 103 Å². The van der Waals surface area contributed by atoms with E-state index in [-0.39, 0.29) is 31.3 Å². The summed E-state index contributed by atoms with van der Waals surface area (Å²) in [4.78, 5) is 10.0. The molecule has 11 rings (SSSR count). The number of hydrogen-bond acceptors (Lipinski definition) is 3. The largest absolute Gasteiger partial charge is 0.332 e. The number of benzene rings is 8. The fraction of sp³-hybridized carbons (Fsp3) is 0.156. The molecule has 0 unspecified atom stereocenters. The first-order valence-electron chi connectivity index (χ1n) is 24.4. The maximum Gasteiger partial charge on any atom is 0.123 e. The summed E-state index contributed by atoms with van der Waals surface area (Å²) in [6, 6.07) is 68.8. The molecular weight excluding hydrogens is 1080 g/mol. The van der Waals surface area contributed by atoms with Crippen molar-refractivity contribution in [3.05, 3.63) is 217 Å². The van der Waals surface area contributed by atoms with Gasteiger partial charge in [-0.15, -0.1) is 54.1 Å². The van der Waals surface area contributed by atoms with E-state index in [0.717, 1.165) is 83.0 Å². The van der Waals surface area contributed by atoms with E-state index < -0.39 is 14.0 Å². The number of rotatable bonds is 8. The summed E-state index contributed by atoms with van der Waals surface area (Å²) in [5.41, 5.74) is 14.9. The molecule has 3 aromatic heterocycles. The average molecular weight is 1140 g/mol. The number of thiophene rings is 1. The van der Waals surface area contributed by atoms with Crippen LogP contribution in [0.3, 0.4) is 0 Å². The van der Waals surface area contributed by atoms with Crippen LogP contribution in [0.25, 0.3) is 92.9 Å². The molecule has 0 aliphatic carbocycles. The molecule has 0 aliphatic heterocycles. The van der Waals surface area contributed by atoms with Gasteiger partial charge in [0.2, 0.25) is 0 Å². The van der Waals surface area contributed by atoms with E-state index in [4.69, 9.17) is 6.35 Å². The number of halogens is 1. The summed E-state index contributed by atoms with van der Waals surface area (Å²) in [6.07, 6.45) is 1.98. The Morgan fingerprint density at radius 2 is 1.30 bits per heavy atom. The SMILES string of the molecule is CC(C)(C)c1cc(-c2ccccc2)c(-n2c(-c3[c-]ccc4c3sc3cc(-c5ccc(F)cc5)ccc34)nc3ccccc32)c(-c2ccccc2)c1.[2H]C(C)(C)c1cc(-c2[c-]cccc2)ncc1[Si](C)(C)C.[Ir]. The first kappa shape index (κ1) is 48.0. The summed E-state index contributed by atoms with van der Waals surface area (Å²) in [7, 11) is -1.50. The Bertz CT molecular complexity index is 3640. The topological polar surface area (TPSA) is 30.7 Å². The minimum atomic E-state index is -1.50. The number of pyridine rings is 1. The molecule has 0 saturated heterocycles. The Kier molecular flexibility index (Phi) is 13.7. The Balaban J connectivity index is 0.000000257. The van der Waals surface area contributed by atoms with E-state index in [0.29, 0.717) is 0 Å². The van der Waals surface area contributed by atoms with Crippen molar-refractivity contribution in [3.8, 4) is 61.7 Å². The van der Waals surface area contributed by atoms with Crippen LogP contribution < -0.4 is 5.19 Å². The minimum absolute atomic E-state index is 0. The summed E-state index contributed by atoms with van der Waals surface area (Å²) in [5.74, 6) is 0.0101. The van der Waals surface area contributed by atoms with E-state index in [1.54, 1.807) is 11.3 Å². The van der Waals surface area contributed by atoms with Gasteiger partial charge in [-0.3, -0.25) is 4.98 Å². The van der Waals surface area contributed by atoms with E-state index in [2.05, 4.69) is 189 Å². The number of imidazole rings is 1. The Labute approximate surface area is 437 Å². The van der Waals surface area contributed by atoms with Crippen molar-refractivity contribution in [3.63, 3.8) is 0 Å². The van der Waals surface area contributed by atoms with Crippen LogP contribution in [0, 0.1) is 17.9 Å². The van der Waals surface area contributed by atoms with Crippen molar-refractivity contribution in [1.29, 1.82) is 0 Å². The van der Waals surface area contributed by atoms with Crippen molar-refractivity contribution in [2.45, 2.75) is 65.6 Å². The smallest absolute Gasteiger partial charge is 0.123 e. The zero-order chi connectivity index (χ0) is 49.7. The first-order chi connectivity index (χ1) is 34.0. The van der Waals surface area contributed by atoms with Gasteiger partial charge in [-0.25, -0.2) is 4.39 Å². The van der Waals surface area contributed by atoms with Crippen LogP contribution in [0.2, 0.25) is 19.6 Å². The summed E-state index contributed by atoms with van der Waals surface area (Å²) >= 11 is 1.76. The molecule has 0 saturated carbocycles. The van der Waals surface area contributed by atoms with Gasteiger partial charge in [-0.2, -0.15) is 11.3 Å². The third-order valence-electron chi connectivity index (χ3n) is 13.0. The minimum Gasteiger partial charge on any atom is -0.332 e. The Hall–Kier alpha value is -6.60. The predicted octanol–water partition coefficient (Wildman–Crippen LogP) is 17.5. The molecule has 0 spiro atoms. The molecule has 3 heterocycles. The second kappa shape index (κ2) is 20.3. The van der Waals surface area contributed by atoms with Crippen LogP contribution in [0.4, 0.5) is 4.39 Å². The molecule has 3 nitrogen and oxygen atoms in total. The zero-order valence-corrected chi connectivity index (χ0v) is 45.6. The van der Waals surface area contributed by atoms with Crippen molar-refractivity contribution in [2.24, 2.45) is 0 Å². The molecular formula is C64H56FIrN3SSi-2. The normalized spacial score (nSPS) is 12.1. The van der Waals surface area contributed by atoms with E-state index in [1.165, 1.54) is 38.4 Å². The summed E-state index contributed by atoms with van der Waals surface area (Å²) in [5, 5.41) is 3.63. The van der Waals surface area contributed by atoms with Gasteiger partial charge in [0, 0.05) is 43.5 Å². The third-order valence-corrected chi connectivity index (χ3v) is 16.2. The van der Waals surface area contributed by atoms with Crippen molar-refractivity contribution >= 4 is 55.8 Å². The maximum absolute atomic E-state index is 13.7. The van der Waals surface area contributed by atoms with Gasteiger partial charge in [0.15, 0.2) is 0 Å². The van der Waals surface area contributed by atoms with Crippen LogP contribution in [0.15, 0.2) is 188 Å². The Morgan fingerprint density at radius 3 is 1.92 bits per heavy atom. The van der Waals surface area contributed by atoms with Gasteiger partial charge >= 0.3 is 0 Å². The fourth-order valence-electron chi connectivity index (χ4n) is 9.30. The molecule has 0 amide bonds. The maximum atomic E-state index is 13.7. The quantitative estimate of drug-likeness (QED) is 0.112. The number of para-hydroxylation sites is 2. The second-order valence-corrected chi connectivity index (χ2v) is 26.3. The first-order valence-corrected chi connectivity index (χ1v) is 28.2. The predicted molar refractivity (Wildman–Crippen MR) is 299 cm³/mol. The number of hydrogen-bond donors (Lipinski definition) is 0. The van der Waals surface area contributed by atoms with Crippen molar-refractivity contribution < 1.29 is 25.9 Å². The number of fused-ring (bicyclic) bond motifs is 4. The second-order valence-electron chi connectivity index (χ2n) is 20.2. The number of nitrogens with zero attached hydrogens (tertiary/aromatic N) is 3. The molecule has 8 aromatic carbocycles. The van der Waals surface area contributed by atoms with Crippen LogP contribution >= 0.6 is 11.3 Å². The molecule has 0 fully saturated rings. The summed E-state index contributed by atoms with van der Waals surface area (Å²) < 4.78 is 26.8. The van der Waals surface area contributed by atoms with Gasteiger partial charge in [-0.1, -0.05) is 174 Å². The summed E-state index contributed by atoms with van der Waals surface area (Å²) in [6.45, 7) is 17.6. The van der Waals surface area contributed by atoms with Crippen molar-refractivity contribution in [2.75, 3.05) is 0 Å². The standard InChI is InChI=1S/C47H34FN2S.C17H22NSi.Ir/c1-47(2,3)34-28-39(31-13-6-4-7-14-31)44(40(29-34)32-15-8-5-9-16-32)50-42-20-11-10-19-41(42)49-46(50)38-18-12-17-37-36-26-23-33(27-43(36)51-45(37)38)30-21-24-35(48)25-22-30;1-13(2)15-11-16(14-9-7-6-8-10-14)18-12-17(15)19(3,4)5;/h4-17,19-29H,1-3H3;6-9,11-13H,1-5H3;/q2*-1;/i;13D;. The average Bonchev–Trinajstić information content (AvgIpc) is 3.95. The van der Waals surface area contributed by atoms with Gasteiger partial charge in [0.25, 0.3) is 0 Å². The molecule has 355 valence electrons. The van der Waals surface area contributed by atoms with Gasteiger partial charge in [0.05, 0.1) is 30.6 Å². The van der Waals surface area contributed by atoms with E-state index in [9.17, 15) is 4.39 Å². The molecule has 0 atom stereocenters. The molecule has 0 bridgehead atoms. The van der Waals surface area contributed by atoms with Crippen LogP contribution in [-0.2, 0) is 25.5 Å². The number of aromatic nitrogens is 3. The van der Waals surface area contributed by atoms with Crippen LogP contribution in [0.1, 0.15) is 53.0 Å². The van der Waals surface area contributed by atoms with Crippen LogP contribution in [0.5, 0.6) is 0 Å². The van der Waals surface area contributed by atoms with Crippen molar-refractivity contribution in [1.82, 2.24) is 14.5 Å². The van der Waals surface area contributed by atoms with Crippen LogP contribution in [-0.4, -0.2) is 22.6 Å². The Morgan fingerprint density at radius 1 is 0.662 bits per heavy atom. The molecule has 1 radical (unpaired) electrons. The fourth-order valence-corrected chi connectivity index (χ4v) is 12.1. The van der Waals surface area contributed by atoms with Gasteiger partial charge < -0.3 is 9.55 Å². The monoisotopic (exact) mass is 1140 g/mol. The molecule has 0 N–H and O–H groups in total. The molecule has 0 aliphatic rings. The zero-order valence-electron chi connectivity index (χ0n) is 42.4. The molecule has 71 heavy (non-hydrogen) atoms. The van der Waals surface area contributed by atoms with E-state index >= 15 is 0 Å². The van der Waals surface area contributed by atoms with Gasteiger partial charge in [0.1, 0.15) is 5.82 Å². The molecule has 7 heteroatoms. The molecule has 11 aromatic rings.